The number of ether oxygens (including phenoxy) is 2. The highest BCUT2D eigenvalue weighted by Crippen LogP contribution is 2.38. The van der Waals surface area contributed by atoms with E-state index >= 15 is 0 Å². The SMILES string of the molecule is C=C1C(=O)O[C@@H]2C[C@H](CO)CC/C=C(\CO)C[C@@H](OC(=O)/C(C)=C\C)[C@@H]12. The molecule has 0 unspecified atom stereocenters. The van der Waals surface area contributed by atoms with Gasteiger partial charge in [0.05, 0.1) is 12.5 Å². The molecule has 0 amide bonds. The highest BCUT2D eigenvalue weighted by molar-refractivity contribution is 5.91. The van der Waals surface area contributed by atoms with E-state index in [2.05, 4.69) is 6.58 Å². The maximum absolute atomic E-state index is 12.3. The molecule has 0 saturated carbocycles. The lowest BCUT2D eigenvalue weighted by atomic mass is 9.81. The fourth-order valence-corrected chi connectivity index (χ4v) is 3.50. The van der Waals surface area contributed by atoms with Gasteiger partial charge in [-0.2, -0.15) is 0 Å². The van der Waals surface area contributed by atoms with Crippen molar-refractivity contribution in [3.63, 3.8) is 0 Å². The monoisotopic (exact) mass is 364 g/mol. The number of hydrogen-bond acceptors (Lipinski definition) is 6. The maximum atomic E-state index is 12.3. The van der Waals surface area contributed by atoms with Crippen LogP contribution in [-0.2, 0) is 19.1 Å². The molecule has 0 spiro atoms. The van der Waals surface area contributed by atoms with Crippen molar-refractivity contribution in [1.29, 1.82) is 0 Å². The van der Waals surface area contributed by atoms with Crippen molar-refractivity contribution in [2.45, 2.75) is 51.7 Å². The highest BCUT2D eigenvalue weighted by Gasteiger charge is 2.46. The molecule has 2 aliphatic rings. The van der Waals surface area contributed by atoms with Gasteiger partial charge in [-0.15, -0.1) is 0 Å². The third kappa shape index (κ3) is 4.62. The largest absolute Gasteiger partial charge is 0.458 e. The van der Waals surface area contributed by atoms with E-state index in [0.29, 0.717) is 24.8 Å². The van der Waals surface area contributed by atoms with Gasteiger partial charge in [-0.1, -0.05) is 18.7 Å². The fourth-order valence-electron chi connectivity index (χ4n) is 3.50. The molecule has 4 atom stereocenters. The molecular weight excluding hydrogens is 336 g/mol. The first kappa shape index (κ1) is 20.4. The molecule has 6 heteroatoms. The Bertz CT molecular complexity index is 618. The molecular formula is C20H28O6. The van der Waals surface area contributed by atoms with Crippen molar-refractivity contribution in [1.82, 2.24) is 0 Å². The highest BCUT2D eigenvalue weighted by atomic mass is 16.6. The molecule has 6 nitrogen and oxygen atoms in total. The molecule has 1 aliphatic carbocycles. The lowest BCUT2D eigenvalue weighted by Gasteiger charge is -2.30. The predicted octanol–water partition coefficient (Wildman–Crippen LogP) is 2.06. The third-order valence-corrected chi connectivity index (χ3v) is 5.24. The molecule has 1 saturated heterocycles. The molecule has 2 rings (SSSR count). The quantitative estimate of drug-likeness (QED) is 0.451. The molecule has 0 aromatic heterocycles. The van der Waals surface area contributed by atoms with Crippen molar-refractivity contribution < 1.29 is 29.3 Å². The average molecular weight is 364 g/mol. The Kier molecular flexibility index (Phi) is 7.17. The molecule has 1 fully saturated rings. The second-order valence-electron chi connectivity index (χ2n) is 7.00. The van der Waals surface area contributed by atoms with Gasteiger partial charge in [0.25, 0.3) is 0 Å². The van der Waals surface area contributed by atoms with E-state index < -0.39 is 30.1 Å². The molecule has 0 radical (unpaired) electrons. The summed E-state index contributed by atoms with van der Waals surface area (Å²) < 4.78 is 11.2. The zero-order valence-corrected chi connectivity index (χ0v) is 15.4. The van der Waals surface area contributed by atoms with E-state index in [-0.39, 0.29) is 24.7 Å². The fraction of sp³-hybridized carbons (Fsp3) is 0.600. The van der Waals surface area contributed by atoms with E-state index in [1.165, 1.54) is 0 Å². The second-order valence-corrected chi connectivity index (χ2v) is 7.00. The number of aliphatic hydroxyl groups is 2. The van der Waals surface area contributed by atoms with Crippen molar-refractivity contribution in [2.24, 2.45) is 11.8 Å². The number of carbonyl (C=O) groups is 2. The van der Waals surface area contributed by atoms with Crippen LogP contribution in [0.4, 0.5) is 0 Å². The molecule has 0 aromatic rings. The van der Waals surface area contributed by atoms with Crippen LogP contribution in [0.2, 0.25) is 0 Å². The molecule has 0 aromatic carbocycles. The lowest BCUT2D eigenvalue weighted by molar-refractivity contribution is -0.148. The standard InChI is InChI=1S/C20H28O6/c1-4-12(2)19(23)25-16-8-14(10-21)6-5-7-15(11-22)9-17-18(16)13(3)20(24)26-17/h4,6,15-18,21-22H,3,5,7-11H2,1-2H3/b12-4-,14-6-/t15-,16-,17-,18-/m1/s1. The number of carbonyl (C=O) groups excluding carboxylic acids is 2. The summed E-state index contributed by atoms with van der Waals surface area (Å²) in [5.74, 6) is -1.48. The second kappa shape index (κ2) is 9.14. The Morgan fingerprint density at radius 2 is 2.19 bits per heavy atom. The molecule has 1 heterocycles. The zero-order valence-electron chi connectivity index (χ0n) is 15.4. The van der Waals surface area contributed by atoms with Crippen LogP contribution in [0.1, 0.15) is 39.5 Å². The normalized spacial score (nSPS) is 32.3. The van der Waals surface area contributed by atoms with Gasteiger partial charge in [0, 0.05) is 24.2 Å². The zero-order chi connectivity index (χ0) is 19.3. The van der Waals surface area contributed by atoms with Crippen LogP contribution in [0, 0.1) is 11.8 Å². The minimum absolute atomic E-state index is 0.0162. The maximum Gasteiger partial charge on any atom is 0.334 e. The van der Waals surface area contributed by atoms with E-state index in [0.717, 1.165) is 12.0 Å². The summed E-state index contributed by atoms with van der Waals surface area (Å²) in [6, 6.07) is 0. The molecule has 144 valence electrons. The molecule has 2 N–H and O–H groups in total. The Morgan fingerprint density at radius 3 is 2.81 bits per heavy atom. The molecule has 0 bridgehead atoms. The minimum atomic E-state index is -0.655. The first-order valence-electron chi connectivity index (χ1n) is 9.04. The van der Waals surface area contributed by atoms with Crippen LogP contribution >= 0.6 is 0 Å². The molecule has 26 heavy (non-hydrogen) atoms. The smallest absolute Gasteiger partial charge is 0.334 e. The van der Waals surface area contributed by atoms with E-state index in [1.54, 1.807) is 19.9 Å². The summed E-state index contributed by atoms with van der Waals surface area (Å²) in [5, 5.41) is 19.3. The van der Waals surface area contributed by atoms with E-state index in [4.69, 9.17) is 9.47 Å². The first-order chi connectivity index (χ1) is 12.4. The van der Waals surface area contributed by atoms with Crippen LogP contribution in [0.5, 0.6) is 0 Å². The van der Waals surface area contributed by atoms with Gasteiger partial charge in [-0.3, -0.25) is 0 Å². The van der Waals surface area contributed by atoms with Crippen LogP contribution < -0.4 is 0 Å². The van der Waals surface area contributed by atoms with Crippen molar-refractivity contribution in [3.8, 4) is 0 Å². The lowest BCUT2D eigenvalue weighted by Crippen LogP contribution is -2.36. The van der Waals surface area contributed by atoms with Gasteiger partial charge in [-0.05, 0) is 44.6 Å². The summed E-state index contributed by atoms with van der Waals surface area (Å²) >= 11 is 0. The average Bonchev–Trinajstić information content (AvgIpc) is 2.91. The number of hydrogen-bond donors (Lipinski definition) is 2. The number of allylic oxidation sites excluding steroid dienone is 2. The van der Waals surface area contributed by atoms with Crippen LogP contribution in [0.25, 0.3) is 0 Å². The van der Waals surface area contributed by atoms with Crippen LogP contribution in [0.3, 0.4) is 0 Å². The summed E-state index contributed by atoms with van der Waals surface area (Å²) in [7, 11) is 0. The van der Waals surface area contributed by atoms with Crippen LogP contribution in [-0.4, -0.2) is 47.6 Å². The van der Waals surface area contributed by atoms with Gasteiger partial charge >= 0.3 is 11.9 Å². The van der Waals surface area contributed by atoms with Crippen molar-refractivity contribution in [3.05, 3.63) is 35.5 Å². The van der Waals surface area contributed by atoms with Gasteiger partial charge < -0.3 is 19.7 Å². The summed E-state index contributed by atoms with van der Waals surface area (Å²) in [6.45, 7) is 7.09. The number of esters is 2. The van der Waals surface area contributed by atoms with E-state index in [9.17, 15) is 19.8 Å². The number of fused-ring (bicyclic) bond motifs is 1. The van der Waals surface area contributed by atoms with Crippen LogP contribution in [0.15, 0.2) is 35.5 Å². The topological polar surface area (TPSA) is 93.1 Å². The van der Waals surface area contributed by atoms with Crippen molar-refractivity contribution >= 4 is 11.9 Å². The summed E-state index contributed by atoms with van der Waals surface area (Å²) in [4.78, 5) is 24.4. The number of rotatable bonds is 4. The van der Waals surface area contributed by atoms with Gasteiger partial charge in [0.2, 0.25) is 0 Å². The summed E-state index contributed by atoms with van der Waals surface area (Å²) in [5.41, 5.74) is 1.49. The Labute approximate surface area is 154 Å². The third-order valence-electron chi connectivity index (χ3n) is 5.24. The van der Waals surface area contributed by atoms with Gasteiger partial charge in [0.15, 0.2) is 0 Å². The van der Waals surface area contributed by atoms with Gasteiger partial charge in [0.1, 0.15) is 12.2 Å². The van der Waals surface area contributed by atoms with Gasteiger partial charge in [-0.25, -0.2) is 9.59 Å². The minimum Gasteiger partial charge on any atom is -0.458 e. The van der Waals surface area contributed by atoms with E-state index in [1.807, 2.05) is 6.08 Å². The number of aliphatic hydroxyl groups excluding tert-OH is 2. The first-order valence-corrected chi connectivity index (χ1v) is 9.04. The summed E-state index contributed by atoms with van der Waals surface area (Å²) in [6.07, 6.45) is 4.68. The Balaban J connectivity index is 2.37. The van der Waals surface area contributed by atoms with Crippen molar-refractivity contribution in [2.75, 3.05) is 13.2 Å². The molecule has 1 aliphatic heterocycles. The predicted molar refractivity (Wildman–Crippen MR) is 96.0 cm³/mol. The Morgan fingerprint density at radius 1 is 1.46 bits per heavy atom. The Hall–Kier alpha value is -1.92.